The molecule has 2 aliphatic rings. The number of piperidine rings is 1. The number of methoxy groups -OCH3 is 1. The van der Waals surface area contributed by atoms with E-state index in [1.165, 1.54) is 10.9 Å². The van der Waals surface area contributed by atoms with Gasteiger partial charge in [0.15, 0.2) is 11.5 Å². The SMILES string of the molecule is COc1ccc2[nH]cc(CCN3CCC(c4nc(-c5ccc6c(c5)OCO6)c5cc(Cl)ccn45)CC3)c2c1. The summed E-state index contributed by atoms with van der Waals surface area (Å²) < 4.78 is 18.8. The number of nitrogens with one attached hydrogen (secondary N) is 1. The number of ether oxygens (including phenoxy) is 3. The Hall–Kier alpha value is -3.68. The van der Waals surface area contributed by atoms with Gasteiger partial charge in [0.25, 0.3) is 0 Å². The highest BCUT2D eigenvalue weighted by Gasteiger charge is 2.26. The second-order valence-electron chi connectivity index (χ2n) is 10.1. The first-order chi connectivity index (χ1) is 18.7. The van der Waals surface area contributed by atoms with E-state index >= 15 is 0 Å². The second kappa shape index (κ2) is 9.57. The van der Waals surface area contributed by atoms with Gasteiger partial charge in [0, 0.05) is 46.3 Å². The molecule has 5 aromatic rings. The molecule has 1 saturated heterocycles. The standard InChI is InChI=1S/C30H29ClN4O3/c1-36-23-3-4-25-24(16-23)21(17-32-25)8-12-34-10-6-19(7-11-34)30-33-29(26-15-22(31)9-13-35(26)30)20-2-5-27-28(14-20)38-18-37-27/h2-5,9,13-17,19,32H,6-8,10-12,18H2,1H3. The van der Waals surface area contributed by atoms with Crippen LogP contribution in [0.2, 0.25) is 5.02 Å². The number of nitrogens with zero attached hydrogens (tertiary/aromatic N) is 3. The quantitative estimate of drug-likeness (QED) is 0.280. The van der Waals surface area contributed by atoms with E-state index in [9.17, 15) is 0 Å². The molecule has 0 radical (unpaired) electrons. The molecule has 3 aromatic heterocycles. The van der Waals surface area contributed by atoms with Crippen molar-refractivity contribution in [3.05, 3.63) is 77.3 Å². The van der Waals surface area contributed by atoms with Gasteiger partial charge in [-0.15, -0.1) is 0 Å². The molecule has 0 amide bonds. The lowest BCUT2D eigenvalue weighted by atomic mass is 9.95. The fraction of sp³-hybridized carbons (Fsp3) is 0.300. The van der Waals surface area contributed by atoms with Crippen molar-refractivity contribution in [2.45, 2.75) is 25.2 Å². The third-order valence-electron chi connectivity index (χ3n) is 7.90. The minimum Gasteiger partial charge on any atom is -0.497 e. The van der Waals surface area contributed by atoms with E-state index in [1.807, 2.05) is 42.6 Å². The Balaban J connectivity index is 1.09. The Morgan fingerprint density at radius 1 is 1.05 bits per heavy atom. The highest BCUT2D eigenvalue weighted by Crippen LogP contribution is 2.39. The van der Waals surface area contributed by atoms with Gasteiger partial charge in [-0.3, -0.25) is 0 Å². The predicted octanol–water partition coefficient (Wildman–Crippen LogP) is 6.30. The van der Waals surface area contributed by atoms with Gasteiger partial charge in [0.05, 0.1) is 18.3 Å². The van der Waals surface area contributed by atoms with Gasteiger partial charge in [-0.25, -0.2) is 4.98 Å². The number of hydrogen-bond donors (Lipinski definition) is 1. The number of fused-ring (bicyclic) bond motifs is 3. The van der Waals surface area contributed by atoms with Crippen LogP contribution >= 0.6 is 11.6 Å². The van der Waals surface area contributed by atoms with Gasteiger partial charge >= 0.3 is 0 Å². The van der Waals surface area contributed by atoms with Crippen molar-refractivity contribution in [1.29, 1.82) is 0 Å². The van der Waals surface area contributed by atoms with Crippen LogP contribution in [0.25, 0.3) is 27.7 Å². The first-order valence-corrected chi connectivity index (χ1v) is 13.5. The van der Waals surface area contributed by atoms with Crippen LogP contribution in [-0.4, -0.2) is 52.8 Å². The molecule has 1 N–H and O–H groups in total. The van der Waals surface area contributed by atoms with Gasteiger partial charge in [-0.1, -0.05) is 11.6 Å². The lowest BCUT2D eigenvalue weighted by Gasteiger charge is -2.31. The highest BCUT2D eigenvalue weighted by atomic mass is 35.5. The predicted molar refractivity (Wildman–Crippen MR) is 149 cm³/mol. The molecule has 0 aliphatic carbocycles. The van der Waals surface area contributed by atoms with Crippen LogP contribution in [0.4, 0.5) is 0 Å². The lowest BCUT2D eigenvalue weighted by molar-refractivity contribution is 0.174. The van der Waals surface area contributed by atoms with Crippen LogP contribution in [-0.2, 0) is 6.42 Å². The molecule has 0 saturated carbocycles. The summed E-state index contributed by atoms with van der Waals surface area (Å²) in [7, 11) is 1.72. The third kappa shape index (κ3) is 4.16. The third-order valence-corrected chi connectivity index (χ3v) is 8.14. The number of H-pyrrole nitrogens is 1. The number of benzene rings is 2. The molecule has 2 aliphatic heterocycles. The van der Waals surface area contributed by atoms with Crippen LogP contribution < -0.4 is 14.2 Å². The average Bonchev–Trinajstić information content (AvgIpc) is 3.68. The zero-order valence-corrected chi connectivity index (χ0v) is 22.0. The molecule has 0 bridgehead atoms. The summed E-state index contributed by atoms with van der Waals surface area (Å²) in [5.41, 5.74) is 5.45. The van der Waals surface area contributed by atoms with Crippen LogP contribution in [0, 0.1) is 0 Å². The molecule has 7 nitrogen and oxygen atoms in total. The van der Waals surface area contributed by atoms with E-state index < -0.39 is 0 Å². The number of hydrogen-bond acceptors (Lipinski definition) is 5. The molecule has 194 valence electrons. The Kier molecular flexibility index (Phi) is 5.90. The Morgan fingerprint density at radius 2 is 1.92 bits per heavy atom. The molecule has 38 heavy (non-hydrogen) atoms. The smallest absolute Gasteiger partial charge is 0.231 e. The molecule has 0 unspecified atom stereocenters. The number of likely N-dealkylation sites (tertiary alicyclic amines) is 1. The normalized spacial score (nSPS) is 16.1. The van der Waals surface area contributed by atoms with Crippen molar-refractivity contribution in [2.75, 3.05) is 33.5 Å². The number of pyridine rings is 1. The topological polar surface area (TPSA) is 64.0 Å². The van der Waals surface area contributed by atoms with E-state index in [1.54, 1.807) is 7.11 Å². The molecule has 0 spiro atoms. The first kappa shape index (κ1) is 23.4. The van der Waals surface area contributed by atoms with Crippen molar-refractivity contribution in [1.82, 2.24) is 19.3 Å². The van der Waals surface area contributed by atoms with Crippen molar-refractivity contribution in [3.8, 4) is 28.5 Å². The monoisotopic (exact) mass is 528 g/mol. The number of rotatable bonds is 6. The lowest BCUT2D eigenvalue weighted by Crippen LogP contribution is -2.34. The number of aromatic amines is 1. The van der Waals surface area contributed by atoms with Crippen LogP contribution in [0.15, 0.2) is 60.9 Å². The maximum Gasteiger partial charge on any atom is 0.231 e. The second-order valence-corrected chi connectivity index (χ2v) is 10.5. The maximum atomic E-state index is 6.41. The van der Waals surface area contributed by atoms with Crippen molar-refractivity contribution < 1.29 is 14.2 Å². The van der Waals surface area contributed by atoms with Crippen molar-refractivity contribution in [3.63, 3.8) is 0 Å². The molecular formula is C30H29ClN4O3. The Morgan fingerprint density at radius 3 is 2.79 bits per heavy atom. The summed E-state index contributed by atoms with van der Waals surface area (Å²) in [5.74, 6) is 3.92. The summed E-state index contributed by atoms with van der Waals surface area (Å²) in [6, 6.07) is 16.2. The highest BCUT2D eigenvalue weighted by molar-refractivity contribution is 6.31. The van der Waals surface area contributed by atoms with Gasteiger partial charge < -0.3 is 28.5 Å². The molecule has 7 rings (SSSR count). The first-order valence-electron chi connectivity index (χ1n) is 13.1. The van der Waals surface area contributed by atoms with E-state index in [2.05, 4.69) is 32.6 Å². The van der Waals surface area contributed by atoms with Crippen molar-refractivity contribution in [2.24, 2.45) is 0 Å². The number of imidazole rings is 1. The fourth-order valence-corrected chi connectivity index (χ4v) is 5.97. The summed E-state index contributed by atoms with van der Waals surface area (Å²) in [5, 5.41) is 1.95. The average molecular weight is 529 g/mol. The molecule has 1 fully saturated rings. The van der Waals surface area contributed by atoms with Gasteiger partial charge in [-0.05, 0) is 86.4 Å². The molecule has 5 heterocycles. The van der Waals surface area contributed by atoms with E-state index in [4.69, 9.17) is 30.8 Å². The summed E-state index contributed by atoms with van der Waals surface area (Å²) >= 11 is 6.41. The largest absolute Gasteiger partial charge is 0.497 e. The van der Waals surface area contributed by atoms with Crippen LogP contribution in [0.3, 0.4) is 0 Å². The van der Waals surface area contributed by atoms with Crippen LogP contribution in [0.5, 0.6) is 17.2 Å². The number of aromatic nitrogens is 3. The van der Waals surface area contributed by atoms with E-state index in [-0.39, 0.29) is 6.79 Å². The molecule has 0 atom stereocenters. The van der Waals surface area contributed by atoms with Gasteiger partial charge in [0.2, 0.25) is 6.79 Å². The Bertz CT molecular complexity index is 1630. The van der Waals surface area contributed by atoms with Gasteiger partial charge in [-0.2, -0.15) is 0 Å². The molecule has 8 heteroatoms. The fourth-order valence-electron chi connectivity index (χ4n) is 5.81. The Labute approximate surface area is 225 Å². The van der Waals surface area contributed by atoms with Gasteiger partial charge in [0.1, 0.15) is 11.6 Å². The summed E-state index contributed by atoms with van der Waals surface area (Å²) in [6.07, 6.45) is 7.34. The number of halogens is 1. The minimum absolute atomic E-state index is 0.257. The molecular weight excluding hydrogens is 500 g/mol. The maximum absolute atomic E-state index is 6.41. The summed E-state index contributed by atoms with van der Waals surface area (Å²) in [4.78, 5) is 11.2. The van der Waals surface area contributed by atoms with E-state index in [0.29, 0.717) is 10.9 Å². The van der Waals surface area contributed by atoms with Crippen molar-refractivity contribution >= 4 is 28.0 Å². The minimum atomic E-state index is 0.257. The van der Waals surface area contributed by atoms with E-state index in [0.717, 1.165) is 84.3 Å². The zero-order chi connectivity index (χ0) is 25.6. The van der Waals surface area contributed by atoms with Crippen LogP contribution in [0.1, 0.15) is 30.1 Å². The summed E-state index contributed by atoms with van der Waals surface area (Å²) in [6.45, 7) is 3.40. The molecule has 2 aromatic carbocycles. The zero-order valence-electron chi connectivity index (χ0n) is 21.2.